The molecule has 0 aromatic carbocycles. The van der Waals surface area contributed by atoms with Gasteiger partial charge in [-0.25, -0.2) is 4.98 Å². The number of carbonyl (C=O) groups is 1. The SMILES string of the molecule is CCCOCCNc1nc(-c2ccncc2)ccc1NC(C=O)=NCC(C)NOC. The minimum absolute atomic E-state index is 0.0350. The Bertz CT molecular complexity index is 801. The fourth-order valence-corrected chi connectivity index (χ4v) is 2.58. The van der Waals surface area contributed by atoms with E-state index in [1.807, 2.05) is 31.2 Å². The molecule has 9 nitrogen and oxygen atoms in total. The van der Waals surface area contributed by atoms with E-state index in [9.17, 15) is 4.79 Å². The highest BCUT2D eigenvalue weighted by Crippen LogP contribution is 2.25. The second kappa shape index (κ2) is 13.4. The lowest BCUT2D eigenvalue weighted by Gasteiger charge is -2.15. The molecule has 0 bridgehead atoms. The lowest BCUT2D eigenvalue weighted by Crippen LogP contribution is -2.29. The van der Waals surface area contributed by atoms with E-state index in [2.05, 4.69) is 33.0 Å². The number of rotatable bonds is 13. The van der Waals surface area contributed by atoms with Gasteiger partial charge in [0.2, 0.25) is 0 Å². The smallest absolute Gasteiger partial charge is 0.185 e. The van der Waals surface area contributed by atoms with Crippen molar-refractivity contribution in [2.75, 3.05) is 44.0 Å². The highest BCUT2D eigenvalue weighted by Gasteiger charge is 2.10. The standard InChI is InChI=1S/C21H30N6O3/c1-4-12-30-13-11-23-21-19(25-20(15-28)24-14-16(2)27-29-3)6-5-18(26-21)17-7-9-22-10-8-17/h5-10,15-16,27H,4,11-14H2,1-3H3,(H,23,26)(H,24,25). The van der Waals surface area contributed by atoms with Gasteiger partial charge in [-0.15, -0.1) is 0 Å². The Morgan fingerprint density at radius 2 is 2.03 bits per heavy atom. The quantitative estimate of drug-likeness (QED) is 0.151. The number of anilines is 2. The van der Waals surface area contributed by atoms with Crippen molar-refractivity contribution in [1.82, 2.24) is 15.4 Å². The van der Waals surface area contributed by atoms with E-state index in [0.717, 1.165) is 17.7 Å². The lowest BCUT2D eigenvalue weighted by molar-refractivity contribution is -0.102. The van der Waals surface area contributed by atoms with E-state index < -0.39 is 0 Å². The molecule has 0 amide bonds. The third-order valence-corrected chi connectivity index (χ3v) is 3.99. The van der Waals surface area contributed by atoms with Crippen molar-refractivity contribution < 1.29 is 14.4 Å². The van der Waals surface area contributed by atoms with Gasteiger partial charge in [0.05, 0.1) is 31.6 Å². The molecule has 0 aliphatic rings. The van der Waals surface area contributed by atoms with Crippen LogP contribution in [0.25, 0.3) is 11.3 Å². The van der Waals surface area contributed by atoms with Crippen LogP contribution < -0.4 is 16.1 Å². The lowest BCUT2D eigenvalue weighted by atomic mass is 10.1. The third kappa shape index (κ3) is 7.86. The van der Waals surface area contributed by atoms with Crippen molar-refractivity contribution in [3.63, 3.8) is 0 Å². The number of ether oxygens (including phenoxy) is 1. The zero-order chi connectivity index (χ0) is 21.6. The summed E-state index contributed by atoms with van der Waals surface area (Å²) in [5, 5.41) is 6.34. The molecular formula is C21H30N6O3. The molecule has 2 aromatic heterocycles. The fraction of sp³-hybridized carbons (Fsp3) is 0.429. The molecule has 1 unspecified atom stereocenters. The molecule has 1 atom stereocenters. The number of pyridine rings is 2. The van der Waals surface area contributed by atoms with Gasteiger partial charge < -0.3 is 20.2 Å². The summed E-state index contributed by atoms with van der Waals surface area (Å²) in [6, 6.07) is 7.51. The Hall–Kier alpha value is -2.88. The summed E-state index contributed by atoms with van der Waals surface area (Å²) in [5.41, 5.74) is 5.17. The molecule has 162 valence electrons. The molecule has 30 heavy (non-hydrogen) atoms. The van der Waals surface area contributed by atoms with Crippen LogP contribution in [-0.4, -0.2) is 61.5 Å². The van der Waals surface area contributed by atoms with Gasteiger partial charge in [0.1, 0.15) is 0 Å². The van der Waals surface area contributed by atoms with Gasteiger partial charge in [0, 0.05) is 37.2 Å². The van der Waals surface area contributed by atoms with Gasteiger partial charge in [0.15, 0.2) is 17.9 Å². The highest BCUT2D eigenvalue weighted by atomic mass is 16.6. The molecule has 0 aliphatic heterocycles. The van der Waals surface area contributed by atoms with Crippen LogP contribution in [0.2, 0.25) is 0 Å². The van der Waals surface area contributed by atoms with Crippen molar-refractivity contribution in [2.45, 2.75) is 26.3 Å². The summed E-state index contributed by atoms with van der Waals surface area (Å²) in [7, 11) is 1.54. The van der Waals surface area contributed by atoms with E-state index in [1.54, 1.807) is 12.4 Å². The first-order chi connectivity index (χ1) is 14.7. The topological polar surface area (TPSA) is 110 Å². The summed E-state index contributed by atoms with van der Waals surface area (Å²) >= 11 is 0. The van der Waals surface area contributed by atoms with Crippen molar-refractivity contribution in [1.29, 1.82) is 0 Å². The molecule has 2 aromatic rings. The second-order valence-electron chi connectivity index (χ2n) is 6.56. The van der Waals surface area contributed by atoms with Crippen LogP contribution in [0.4, 0.5) is 11.5 Å². The Labute approximate surface area is 177 Å². The van der Waals surface area contributed by atoms with Gasteiger partial charge in [-0.05, 0) is 37.6 Å². The van der Waals surface area contributed by atoms with Crippen molar-refractivity contribution in [3.8, 4) is 11.3 Å². The Morgan fingerprint density at radius 1 is 1.23 bits per heavy atom. The molecule has 0 radical (unpaired) electrons. The Morgan fingerprint density at radius 3 is 2.73 bits per heavy atom. The number of carbonyl (C=O) groups excluding carboxylic acids is 1. The molecule has 0 saturated carbocycles. The molecule has 9 heteroatoms. The van der Waals surface area contributed by atoms with Crippen LogP contribution in [0.3, 0.4) is 0 Å². The van der Waals surface area contributed by atoms with E-state index in [0.29, 0.717) is 44.1 Å². The average Bonchev–Trinajstić information content (AvgIpc) is 2.78. The van der Waals surface area contributed by atoms with Crippen LogP contribution in [-0.2, 0) is 14.4 Å². The predicted octanol–water partition coefficient (Wildman–Crippen LogP) is 2.53. The van der Waals surface area contributed by atoms with Crippen molar-refractivity contribution >= 4 is 23.6 Å². The molecule has 2 rings (SSSR count). The molecule has 0 fully saturated rings. The maximum absolute atomic E-state index is 11.5. The van der Waals surface area contributed by atoms with Gasteiger partial charge in [-0.1, -0.05) is 6.92 Å². The summed E-state index contributed by atoms with van der Waals surface area (Å²) in [6.45, 7) is 6.22. The number of hydroxylamine groups is 1. The first-order valence-corrected chi connectivity index (χ1v) is 9.96. The van der Waals surface area contributed by atoms with E-state index in [1.165, 1.54) is 7.11 Å². The maximum Gasteiger partial charge on any atom is 0.185 e. The van der Waals surface area contributed by atoms with Gasteiger partial charge in [-0.2, -0.15) is 5.48 Å². The fourth-order valence-electron chi connectivity index (χ4n) is 2.58. The minimum atomic E-state index is -0.0350. The van der Waals surface area contributed by atoms with Crippen molar-refractivity contribution in [2.24, 2.45) is 4.99 Å². The number of aldehydes is 1. The second-order valence-corrected chi connectivity index (χ2v) is 6.56. The summed E-state index contributed by atoms with van der Waals surface area (Å²) in [5.74, 6) is 0.825. The number of aromatic nitrogens is 2. The Balaban J connectivity index is 2.18. The van der Waals surface area contributed by atoms with Crippen molar-refractivity contribution in [3.05, 3.63) is 36.7 Å². The zero-order valence-corrected chi connectivity index (χ0v) is 17.7. The number of nitrogens with zero attached hydrogens (tertiary/aromatic N) is 3. The van der Waals surface area contributed by atoms with Crippen LogP contribution in [0.15, 0.2) is 41.7 Å². The monoisotopic (exact) mass is 414 g/mol. The van der Waals surface area contributed by atoms with E-state index >= 15 is 0 Å². The Kier molecular flexibility index (Phi) is 10.4. The first kappa shape index (κ1) is 23.4. The summed E-state index contributed by atoms with van der Waals surface area (Å²) in [6.07, 6.45) is 5.10. The average molecular weight is 415 g/mol. The maximum atomic E-state index is 11.5. The molecule has 0 aliphatic carbocycles. The minimum Gasteiger partial charge on any atom is -0.380 e. The number of hydrogen-bond acceptors (Lipinski definition) is 8. The molecule has 0 spiro atoms. The van der Waals surface area contributed by atoms with Gasteiger partial charge in [0.25, 0.3) is 0 Å². The number of hydrogen-bond donors (Lipinski definition) is 3. The van der Waals surface area contributed by atoms with E-state index in [4.69, 9.17) is 14.6 Å². The van der Waals surface area contributed by atoms with Crippen LogP contribution in [0, 0.1) is 0 Å². The number of amidine groups is 1. The molecule has 2 heterocycles. The summed E-state index contributed by atoms with van der Waals surface area (Å²) in [4.78, 5) is 29.4. The number of aliphatic imine (C=N–C) groups is 1. The van der Waals surface area contributed by atoms with Crippen LogP contribution in [0.1, 0.15) is 20.3 Å². The number of nitrogens with one attached hydrogen (secondary N) is 3. The van der Waals surface area contributed by atoms with E-state index in [-0.39, 0.29) is 11.9 Å². The highest BCUT2D eigenvalue weighted by molar-refractivity contribution is 6.33. The van der Waals surface area contributed by atoms with Crippen LogP contribution >= 0.6 is 0 Å². The van der Waals surface area contributed by atoms with Crippen LogP contribution in [0.5, 0.6) is 0 Å². The van der Waals surface area contributed by atoms with Gasteiger partial charge in [-0.3, -0.25) is 14.8 Å². The third-order valence-electron chi connectivity index (χ3n) is 3.99. The zero-order valence-electron chi connectivity index (χ0n) is 17.7. The molecule has 0 saturated heterocycles. The largest absolute Gasteiger partial charge is 0.380 e. The van der Waals surface area contributed by atoms with Gasteiger partial charge >= 0.3 is 0 Å². The predicted molar refractivity (Wildman–Crippen MR) is 119 cm³/mol. The normalized spacial score (nSPS) is 12.4. The molecular weight excluding hydrogens is 384 g/mol. The summed E-state index contributed by atoms with van der Waals surface area (Å²) < 4.78 is 5.53. The molecule has 3 N–H and O–H groups in total. The first-order valence-electron chi connectivity index (χ1n) is 9.96.